The number of rotatable bonds is 4. The van der Waals surface area contributed by atoms with Gasteiger partial charge >= 0.3 is 0 Å². The Labute approximate surface area is 160 Å². The molecule has 0 saturated heterocycles. The fourth-order valence-corrected chi connectivity index (χ4v) is 2.49. The summed E-state index contributed by atoms with van der Waals surface area (Å²) in [6.07, 6.45) is 0. The van der Waals surface area contributed by atoms with Gasteiger partial charge in [-0.2, -0.15) is 15.8 Å². The maximum Gasteiger partial charge on any atom is 0.146 e. The molecule has 0 aliphatic carbocycles. The van der Waals surface area contributed by atoms with Gasteiger partial charge in [-0.05, 0) is 42.5 Å². The first kappa shape index (κ1) is 17.8. The van der Waals surface area contributed by atoms with Crippen LogP contribution >= 0.6 is 11.6 Å². The molecule has 0 aromatic heterocycles. The van der Waals surface area contributed by atoms with Gasteiger partial charge in [0.25, 0.3) is 0 Å². The molecule has 0 heterocycles. The van der Waals surface area contributed by atoms with Crippen molar-refractivity contribution in [2.45, 2.75) is 0 Å². The minimum absolute atomic E-state index is 0.328. The summed E-state index contributed by atoms with van der Waals surface area (Å²) in [5.74, 6) is 1.60. The van der Waals surface area contributed by atoms with E-state index in [2.05, 4.69) is 0 Å². The van der Waals surface area contributed by atoms with Crippen LogP contribution in [0.2, 0.25) is 5.02 Å². The zero-order valence-electron chi connectivity index (χ0n) is 13.8. The highest BCUT2D eigenvalue weighted by Crippen LogP contribution is 2.31. The van der Waals surface area contributed by atoms with E-state index in [-0.39, 0.29) is 0 Å². The summed E-state index contributed by atoms with van der Waals surface area (Å²) >= 11 is 5.97. The summed E-state index contributed by atoms with van der Waals surface area (Å²) in [6.45, 7) is 0. The average Bonchev–Trinajstić information content (AvgIpc) is 2.68. The van der Waals surface area contributed by atoms with Crippen LogP contribution in [0.4, 0.5) is 0 Å². The molecule has 6 heteroatoms. The third-order valence-corrected chi connectivity index (χ3v) is 3.73. The van der Waals surface area contributed by atoms with E-state index in [4.69, 9.17) is 31.6 Å². The van der Waals surface area contributed by atoms with Gasteiger partial charge in [-0.3, -0.25) is 0 Å². The molecular weight excluding hydrogens is 362 g/mol. The Morgan fingerprint density at radius 2 is 1.33 bits per heavy atom. The fourth-order valence-electron chi connectivity index (χ4n) is 2.32. The predicted octanol–water partition coefficient (Wildman–Crippen LogP) is 5.54. The van der Waals surface area contributed by atoms with E-state index in [1.54, 1.807) is 54.6 Å². The highest BCUT2D eigenvalue weighted by molar-refractivity contribution is 6.30. The second-order valence-corrected chi connectivity index (χ2v) is 5.84. The van der Waals surface area contributed by atoms with Crippen molar-refractivity contribution in [2.24, 2.45) is 0 Å². The van der Waals surface area contributed by atoms with E-state index in [0.717, 1.165) is 0 Å². The molecule has 0 atom stereocenters. The second-order valence-electron chi connectivity index (χ2n) is 5.40. The Morgan fingerprint density at radius 3 is 1.96 bits per heavy atom. The quantitative estimate of drug-likeness (QED) is 0.600. The molecule has 0 saturated carbocycles. The summed E-state index contributed by atoms with van der Waals surface area (Å²) in [7, 11) is 0. The molecule has 0 unspecified atom stereocenters. The lowest BCUT2D eigenvalue weighted by atomic mass is 10.1. The van der Waals surface area contributed by atoms with Crippen LogP contribution in [-0.2, 0) is 0 Å². The van der Waals surface area contributed by atoms with Crippen molar-refractivity contribution in [3.63, 3.8) is 0 Å². The Kier molecular flexibility index (Phi) is 5.24. The van der Waals surface area contributed by atoms with Gasteiger partial charge in [0.1, 0.15) is 29.1 Å². The van der Waals surface area contributed by atoms with Gasteiger partial charge in [0.15, 0.2) is 0 Å². The van der Waals surface area contributed by atoms with Gasteiger partial charge in [0, 0.05) is 17.2 Å². The molecule has 27 heavy (non-hydrogen) atoms. The zero-order chi connectivity index (χ0) is 19.2. The van der Waals surface area contributed by atoms with Gasteiger partial charge in [-0.1, -0.05) is 17.7 Å². The number of nitriles is 3. The van der Waals surface area contributed by atoms with Crippen molar-refractivity contribution in [2.75, 3.05) is 0 Å². The van der Waals surface area contributed by atoms with Crippen LogP contribution in [0, 0.1) is 34.0 Å². The lowest BCUT2D eigenvalue weighted by Gasteiger charge is -2.10. The molecule has 0 spiro atoms. The zero-order valence-corrected chi connectivity index (χ0v) is 14.6. The number of hydrogen-bond donors (Lipinski definition) is 0. The topological polar surface area (TPSA) is 89.8 Å². The average molecular weight is 372 g/mol. The second kappa shape index (κ2) is 7.93. The monoisotopic (exact) mass is 371 g/mol. The molecule has 3 rings (SSSR count). The van der Waals surface area contributed by atoms with E-state index >= 15 is 0 Å². The number of benzene rings is 3. The van der Waals surface area contributed by atoms with Crippen molar-refractivity contribution >= 4 is 11.6 Å². The minimum atomic E-state index is 0.328. The molecule has 0 aliphatic rings. The predicted molar refractivity (Wildman–Crippen MR) is 98.6 cm³/mol. The van der Waals surface area contributed by atoms with Crippen LogP contribution in [0.3, 0.4) is 0 Å². The molecule has 5 nitrogen and oxygen atoms in total. The van der Waals surface area contributed by atoms with Gasteiger partial charge in [-0.25, -0.2) is 0 Å². The molecule has 0 fully saturated rings. The molecule has 0 bridgehead atoms. The molecule has 0 radical (unpaired) electrons. The van der Waals surface area contributed by atoms with Gasteiger partial charge in [0.05, 0.1) is 28.8 Å². The number of ether oxygens (including phenoxy) is 2. The SMILES string of the molecule is N#Cc1cc(C#N)cc(Oc2cccc(Oc3cc(Cl)ccc3C#N)c2)c1. The molecule has 0 N–H and O–H groups in total. The molecule has 3 aromatic carbocycles. The smallest absolute Gasteiger partial charge is 0.146 e. The summed E-state index contributed by atoms with van der Waals surface area (Å²) in [6, 6.07) is 22.1. The van der Waals surface area contributed by atoms with Gasteiger partial charge < -0.3 is 9.47 Å². The van der Waals surface area contributed by atoms with E-state index in [1.165, 1.54) is 6.07 Å². The standard InChI is InChI=1S/C21H10ClN3O2/c22-17-5-4-16(13-25)21(9-17)27-19-3-1-2-18(10-19)26-20-7-14(11-23)6-15(8-20)12-24/h1-10H. The van der Waals surface area contributed by atoms with Crippen molar-refractivity contribution in [1.29, 1.82) is 15.8 Å². The molecule has 0 aliphatic heterocycles. The van der Waals surface area contributed by atoms with Crippen LogP contribution in [0.1, 0.15) is 16.7 Å². The van der Waals surface area contributed by atoms with Crippen LogP contribution in [-0.4, -0.2) is 0 Å². The Morgan fingerprint density at radius 1 is 0.667 bits per heavy atom. The van der Waals surface area contributed by atoms with E-state index in [9.17, 15) is 5.26 Å². The Hall–Kier alpha value is -3.98. The maximum absolute atomic E-state index is 9.19. The number of halogens is 1. The van der Waals surface area contributed by atoms with Crippen LogP contribution < -0.4 is 9.47 Å². The van der Waals surface area contributed by atoms with Crippen LogP contribution in [0.25, 0.3) is 0 Å². The minimum Gasteiger partial charge on any atom is -0.457 e. The first-order valence-corrected chi connectivity index (χ1v) is 8.10. The fraction of sp³-hybridized carbons (Fsp3) is 0. The highest BCUT2D eigenvalue weighted by Gasteiger charge is 2.08. The van der Waals surface area contributed by atoms with Crippen LogP contribution in [0.15, 0.2) is 60.7 Å². The molecule has 128 valence electrons. The Bertz CT molecular complexity index is 1110. The molecular formula is C21H10ClN3O2. The van der Waals surface area contributed by atoms with E-state index < -0.39 is 0 Å². The number of hydrogen-bond acceptors (Lipinski definition) is 5. The molecule has 0 amide bonds. The normalized spacial score (nSPS) is 9.56. The highest BCUT2D eigenvalue weighted by atomic mass is 35.5. The summed E-state index contributed by atoms with van der Waals surface area (Å²) in [4.78, 5) is 0. The Balaban J connectivity index is 1.87. The van der Waals surface area contributed by atoms with Crippen LogP contribution in [0.5, 0.6) is 23.0 Å². The van der Waals surface area contributed by atoms with Gasteiger partial charge in [0.2, 0.25) is 0 Å². The summed E-state index contributed by atoms with van der Waals surface area (Å²) in [5.41, 5.74) is 1.01. The summed E-state index contributed by atoms with van der Waals surface area (Å²) in [5, 5.41) is 27.7. The first-order valence-electron chi connectivity index (χ1n) is 7.72. The van der Waals surface area contributed by atoms with E-state index in [0.29, 0.717) is 44.7 Å². The lowest BCUT2D eigenvalue weighted by Crippen LogP contribution is -1.91. The first-order chi connectivity index (χ1) is 13.1. The van der Waals surface area contributed by atoms with Crippen molar-refractivity contribution in [3.05, 3.63) is 82.4 Å². The number of nitrogens with zero attached hydrogens (tertiary/aromatic N) is 3. The largest absolute Gasteiger partial charge is 0.457 e. The third-order valence-electron chi connectivity index (χ3n) is 3.50. The van der Waals surface area contributed by atoms with Crippen molar-refractivity contribution in [3.8, 4) is 41.2 Å². The maximum atomic E-state index is 9.19. The third kappa shape index (κ3) is 4.35. The summed E-state index contributed by atoms with van der Waals surface area (Å²) < 4.78 is 11.5. The van der Waals surface area contributed by atoms with E-state index in [1.807, 2.05) is 18.2 Å². The van der Waals surface area contributed by atoms with Gasteiger partial charge in [-0.15, -0.1) is 0 Å². The van der Waals surface area contributed by atoms with Crippen molar-refractivity contribution < 1.29 is 9.47 Å². The molecule has 3 aromatic rings. The lowest BCUT2D eigenvalue weighted by molar-refractivity contribution is 0.459. The van der Waals surface area contributed by atoms with Crippen molar-refractivity contribution in [1.82, 2.24) is 0 Å².